The van der Waals surface area contributed by atoms with Crippen LogP contribution in [0.4, 0.5) is 5.82 Å². The zero-order chi connectivity index (χ0) is 15.1. The molecule has 0 radical (unpaired) electrons. The molecular weight excluding hydrogens is 309 g/mol. The van der Waals surface area contributed by atoms with Gasteiger partial charge in [0.25, 0.3) is 0 Å². The Hall–Kier alpha value is -1.98. The Bertz CT molecular complexity index is 819. The van der Waals surface area contributed by atoms with Crippen LogP contribution in [0.3, 0.4) is 0 Å². The highest BCUT2D eigenvalue weighted by Crippen LogP contribution is 2.39. The summed E-state index contributed by atoms with van der Waals surface area (Å²) in [5.74, 6) is 0.528. The molecule has 3 rings (SSSR count). The fourth-order valence-corrected chi connectivity index (χ4v) is 2.72. The van der Waals surface area contributed by atoms with Crippen LogP contribution in [0.15, 0.2) is 30.5 Å². The topological polar surface area (TPSA) is 61.7 Å². The molecule has 0 saturated carbocycles. The highest BCUT2D eigenvalue weighted by molar-refractivity contribution is 6.36. The molecule has 0 spiro atoms. The van der Waals surface area contributed by atoms with Crippen molar-refractivity contribution in [2.24, 2.45) is 14.1 Å². The van der Waals surface area contributed by atoms with Crippen molar-refractivity contribution in [3.8, 4) is 22.5 Å². The lowest BCUT2D eigenvalue weighted by molar-refractivity contribution is 0.760. The number of nitrogens with two attached hydrogens (primary N) is 1. The van der Waals surface area contributed by atoms with Crippen LogP contribution in [0.1, 0.15) is 0 Å². The number of hydrogen-bond donors (Lipinski definition) is 1. The Morgan fingerprint density at radius 3 is 2.48 bits per heavy atom. The van der Waals surface area contributed by atoms with Crippen molar-refractivity contribution in [3.63, 3.8) is 0 Å². The van der Waals surface area contributed by atoms with E-state index in [2.05, 4.69) is 10.2 Å². The average Bonchev–Trinajstić information content (AvgIpc) is 2.96. The Morgan fingerprint density at radius 2 is 1.86 bits per heavy atom. The van der Waals surface area contributed by atoms with E-state index >= 15 is 0 Å². The largest absolute Gasteiger partial charge is 0.383 e. The molecule has 0 atom stereocenters. The number of benzene rings is 1. The summed E-state index contributed by atoms with van der Waals surface area (Å²) in [4.78, 5) is 0. The van der Waals surface area contributed by atoms with Crippen molar-refractivity contribution < 1.29 is 0 Å². The van der Waals surface area contributed by atoms with Crippen LogP contribution in [-0.2, 0) is 14.1 Å². The highest BCUT2D eigenvalue weighted by Gasteiger charge is 2.21. The number of hydrogen-bond acceptors (Lipinski definition) is 3. The highest BCUT2D eigenvalue weighted by atomic mass is 35.5. The van der Waals surface area contributed by atoms with E-state index < -0.39 is 0 Å². The molecule has 0 bridgehead atoms. The van der Waals surface area contributed by atoms with Crippen molar-refractivity contribution >= 4 is 29.0 Å². The Morgan fingerprint density at radius 1 is 1.10 bits per heavy atom. The van der Waals surface area contributed by atoms with Gasteiger partial charge in [0, 0.05) is 30.9 Å². The average molecular weight is 322 g/mol. The molecule has 0 amide bonds. The quantitative estimate of drug-likeness (QED) is 0.787. The van der Waals surface area contributed by atoms with Crippen LogP contribution >= 0.6 is 23.2 Å². The zero-order valence-electron chi connectivity index (χ0n) is 11.5. The van der Waals surface area contributed by atoms with Crippen LogP contribution in [0.25, 0.3) is 22.5 Å². The van der Waals surface area contributed by atoms with E-state index in [0.29, 0.717) is 21.6 Å². The van der Waals surface area contributed by atoms with Crippen LogP contribution in [0, 0.1) is 0 Å². The summed E-state index contributed by atoms with van der Waals surface area (Å²) in [7, 11) is 3.64. The number of nitrogens with zero attached hydrogens (tertiary/aromatic N) is 4. The minimum Gasteiger partial charge on any atom is -0.383 e. The van der Waals surface area contributed by atoms with Crippen LogP contribution in [0.2, 0.25) is 10.0 Å². The monoisotopic (exact) mass is 321 g/mol. The van der Waals surface area contributed by atoms with E-state index in [1.54, 1.807) is 28.5 Å². The molecule has 2 N–H and O–H groups in total. The second kappa shape index (κ2) is 5.09. The van der Waals surface area contributed by atoms with E-state index in [-0.39, 0.29) is 0 Å². The molecule has 2 aromatic heterocycles. The first-order valence-electron chi connectivity index (χ1n) is 6.25. The lowest BCUT2D eigenvalue weighted by Gasteiger charge is -2.06. The second-order valence-electron chi connectivity index (χ2n) is 4.73. The van der Waals surface area contributed by atoms with Gasteiger partial charge in [0.15, 0.2) is 0 Å². The molecule has 0 saturated heterocycles. The van der Waals surface area contributed by atoms with Gasteiger partial charge in [-0.3, -0.25) is 9.36 Å². The summed E-state index contributed by atoms with van der Waals surface area (Å²) in [6, 6.07) is 7.18. The predicted molar refractivity (Wildman–Crippen MR) is 85.3 cm³/mol. The van der Waals surface area contributed by atoms with Gasteiger partial charge in [-0.1, -0.05) is 29.3 Å². The summed E-state index contributed by atoms with van der Waals surface area (Å²) in [6.07, 6.45) is 1.85. The minimum absolute atomic E-state index is 0.527. The first-order chi connectivity index (χ1) is 9.97. The maximum absolute atomic E-state index is 6.31. The Kier molecular flexibility index (Phi) is 3.39. The second-order valence-corrected chi connectivity index (χ2v) is 5.57. The number of anilines is 1. The van der Waals surface area contributed by atoms with Gasteiger partial charge in [0.05, 0.1) is 10.6 Å². The van der Waals surface area contributed by atoms with Gasteiger partial charge in [0.2, 0.25) is 0 Å². The number of halogens is 2. The molecule has 0 aliphatic heterocycles. The molecule has 0 unspecified atom stereocenters. The van der Waals surface area contributed by atoms with E-state index in [1.165, 1.54) is 0 Å². The van der Waals surface area contributed by atoms with E-state index in [4.69, 9.17) is 28.9 Å². The molecule has 5 nitrogen and oxygen atoms in total. The minimum atomic E-state index is 0.527. The molecular formula is C14H13Cl2N5. The Balaban J connectivity index is 2.26. The zero-order valence-corrected chi connectivity index (χ0v) is 13.0. The van der Waals surface area contributed by atoms with Crippen LogP contribution in [0.5, 0.6) is 0 Å². The van der Waals surface area contributed by atoms with Gasteiger partial charge in [-0.15, -0.1) is 0 Å². The predicted octanol–water partition coefficient (Wildman–Crippen LogP) is 3.38. The number of aryl methyl sites for hydroxylation is 2. The third-order valence-corrected chi connectivity index (χ3v) is 3.80. The molecule has 21 heavy (non-hydrogen) atoms. The molecule has 1 aromatic carbocycles. The van der Waals surface area contributed by atoms with Gasteiger partial charge in [-0.25, -0.2) is 0 Å². The third kappa shape index (κ3) is 2.39. The van der Waals surface area contributed by atoms with Gasteiger partial charge in [-0.2, -0.15) is 10.2 Å². The normalized spacial score (nSPS) is 11.0. The lowest BCUT2D eigenvalue weighted by Crippen LogP contribution is -1.98. The van der Waals surface area contributed by atoms with Crippen molar-refractivity contribution in [1.82, 2.24) is 19.6 Å². The van der Waals surface area contributed by atoms with E-state index in [0.717, 1.165) is 16.8 Å². The molecule has 0 aliphatic rings. The first-order valence-corrected chi connectivity index (χ1v) is 7.01. The maximum atomic E-state index is 6.31. The van der Waals surface area contributed by atoms with Crippen LogP contribution < -0.4 is 5.73 Å². The van der Waals surface area contributed by atoms with Gasteiger partial charge in [0.1, 0.15) is 17.2 Å². The van der Waals surface area contributed by atoms with Gasteiger partial charge >= 0.3 is 0 Å². The Labute approximate surface area is 131 Å². The maximum Gasteiger partial charge on any atom is 0.130 e. The SMILES string of the molecule is Cn1ccc(-c2nn(C)c(N)c2-c2ccc(Cl)cc2Cl)n1. The summed E-state index contributed by atoms with van der Waals surface area (Å²) in [5.41, 5.74) is 9.14. The fraction of sp³-hybridized carbons (Fsp3) is 0.143. The number of nitrogen functional groups attached to an aromatic ring is 1. The molecule has 0 fully saturated rings. The molecule has 3 aromatic rings. The molecule has 0 aliphatic carbocycles. The lowest BCUT2D eigenvalue weighted by atomic mass is 10.0. The molecule has 2 heterocycles. The third-order valence-electron chi connectivity index (χ3n) is 3.25. The molecule has 7 heteroatoms. The van der Waals surface area contributed by atoms with Crippen molar-refractivity contribution in [2.45, 2.75) is 0 Å². The summed E-state index contributed by atoms with van der Waals surface area (Å²) < 4.78 is 3.33. The van der Waals surface area contributed by atoms with Crippen molar-refractivity contribution in [2.75, 3.05) is 5.73 Å². The van der Waals surface area contributed by atoms with Gasteiger partial charge < -0.3 is 5.73 Å². The van der Waals surface area contributed by atoms with Gasteiger partial charge in [-0.05, 0) is 18.2 Å². The van der Waals surface area contributed by atoms with E-state index in [1.807, 2.05) is 25.4 Å². The summed E-state index contributed by atoms with van der Waals surface area (Å²) >= 11 is 12.3. The van der Waals surface area contributed by atoms with Crippen LogP contribution in [-0.4, -0.2) is 19.6 Å². The smallest absolute Gasteiger partial charge is 0.130 e. The number of rotatable bonds is 2. The molecule has 108 valence electrons. The van der Waals surface area contributed by atoms with Crippen molar-refractivity contribution in [1.29, 1.82) is 0 Å². The summed E-state index contributed by atoms with van der Waals surface area (Å²) in [5, 5.41) is 9.94. The fourth-order valence-electron chi connectivity index (χ4n) is 2.22. The number of aromatic nitrogens is 4. The standard InChI is InChI=1S/C14H13Cl2N5/c1-20-6-5-11(18-20)13-12(14(17)21(2)19-13)9-4-3-8(15)7-10(9)16/h3-7H,17H2,1-2H3. The van der Waals surface area contributed by atoms with Crippen molar-refractivity contribution in [3.05, 3.63) is 40.5 Å². The van der Waals surface area contributed by atoms with E-state index in [9.17, 15) is 0 Å². The summed E-state index contributed by atoms with van der Waals surface area (Å²) in [6.45, 7) is 0. The first kappa shape index (κ1) is 14.0.